The molecule has 1 fully saturated rings. The third-order valence-electron chi connectivity index (χ3n) is 3.16. The zero-order valence-electron chi connectivity index (χ0n) is 11.1. The molecule has 0 aromatic carbocycles. The fourth-order valence-corrected chi connectivity index (χ4v) is 2.88. The van der Waals surface area contributed by atoms with Gasteiger partial charge in [0, 0.05) is 19.1 Å². The van der Waals surface area contributed by atoms with Crippen LogP contribution in [0.4, 0.5) is 0 Å². The Morgan fingerprint density at radius 2 is 1.82 bits per heavy atom. The van der Waals surface area contributed by atoms with Gasteiger partial charge in [-0.3, -0.25) is 0 Å². The minimum Gasteiger partial charge on any atom is -0.329 e. The average Bonchev–Trinajstić information content (AvgIpc) is 2.19. The van der Waals surface area contributed by atoms with Crippen LogP contribution < -0.4 is 10.5 Å². The molecule has 1 heterocycles. The van der Waals surface area contributed by atoms with Crippen LogP contribution in [0.1, 0.15) is 33.6 Å². The second kappa shape index (κ2) is 5.65. The Labute approximate surface area is 105 Å². The van der Waals surface area contributed by atoms with Crippen molar-refractivity contribution in [2.45, 2.75) is 44.4 Å². The van der Waals surface area contributed by atoms with Gasteiger partial charge in [-0.05, 0) is 46.7 Å². The molecule has 0 aromatic rings. The van der Waals surface area contributed by atoms with Crippen molar-refractivity contribution >= 4 is 10.0 Å². The fourth-order valence-electron chi connectivity index (χ4n) is 1.85. The van der Waals surface area contributed by atoms with Gasteiger partial charge in [0.05, 0.1) is 4.75 Å². The third kappa shape index (κ3) is 4.21. The standard InChI is InChI=1S/C11H25N3O2S/c1-11(2,3)17(15,16)13-10-4-7-14(8-5-10)9-6-12/h10,13H,4-9,12H2,1-3H3. The number of nitrogens with two attached hydrogens (primary N) is 1. The molecule has 1 aliphatic heterocycles. The highest BCUT2D eigenvalue weighted by molar-refractivity contribution is 7.90. The first kappa shape index (κ1) is 14.9. The first-order valence-corrected chi connectivity index (χ1v) is 7.69. The molecule has 102 valence electrons. The van der Waals surface area contributed by atoms with Gasteiger partial charge < -0.3 is 10.6 Å². The zero-order chi connectivity index (χ0) is 13.1. The average molecular weight is 263 g/mol. The minimum absolute atomic E-state index is 0.0771. The first-order valence-electron chi connectivity index (χ1n) is 6.20. The van der Waals surface area contributed by atoms with Gasteiger partial charge in [-0.2, -0.15) is 0 Å². The molecule has 5 nitrogen and oxygen atoms in total. The Morgan fingerprint density at radius 1 is 1.29 bits per heavy atom. The maximum Gasteiger partial charge on any atom is 0.216 e. The summed E-state index contributed by atoms with van der Waals surface area (Å²) >= 11 is 0. The number of sulfonamides is 1. The highest BCUT2D eigenvalue weighted by atomic mass is 32.2. The molecule has 3 N–H and O–H groups in total. The summed E-state index contributed by atoms with van der Waals surface area (Å²) in [5, 5.41) is 0. The maximum atomic E-state index is 12.0. The van der Waals surface area contributed by atoms with E-state index in [0.29, 0.717) is 6.54 Å². The van der Waals surface area contributed by atoms with E-state index in [0.717, 1.165) is 32.5 Å². The van der Waals surface area contributed by atoms with E-state index < -0.39 is 14.8 Å². The highest BCUT2D eigenvalue weighted by Crippen LogP contribution is 2.17. The first-order chi connectivity index (χ1) is 7.76. The number of hydrogen-bond acceptors (Lipinski definition) is 4. The normalized spacial score (nSPS) is 20.7. The van der Waals surface area contributed by atoms with Crippen molar-refractivity contribution in [3.05, 3.63) is 0 Å². The van der Waals surface area contributed by atoms with E-state index in [1.165, 1.54) is 0 Å². The van der Waals surface area contributed by atoms with Gasteiger partial charge in [0.2, 0.25) is 10.0 Å². The van der Waals surface area contributed by atoms with Gasteiger partial charge in [-0.1, -0.05) is 0 Å². The second-order valence-electron chi connectivity index (χ2n) is 5.64. The SMILES string of the molecule is CC(C)(C)S(=O)(=O)NC1CCN(CCN)CC1. The van der Waals surface area contributed by atoms with E-state index in [1.54, 1.807) is 20.8 Å². The van der Waals surface area contributed by atoms with Crippen LogP contribution in [0.2, 0.25) is 0 Å². The molecule has 0 saturated carbocycles. The fraction of sp³-hybridized carbons (Fsp3) is 1.00. The molecular formula is C11H25N3O2S. The van der Waals surface area contributed by atoms with Crippen molar-refractivity contribution in [2.24, 2.45) is 5.73 Å². The van der Waals surface area contributed by atoms with Gasteiger partial charge in [-0.15, -0.1) is 0 Å². The van der Waals surface area contributed by atoms with Gasteiger partial charge in [0.15, 0.2) is 0 Å². The lowest BCUT2D eigenvalue weighted by Gasteiger charge is -2.33. The van der Waals surface area contributed by atoms with Crippen LogP contribution >= 0.6 is 0 Å². The molecule has 0 aromatic heterocycles. The predicted octanol–water partition coefficient (Wildman–Crippen LogP) is 0.127. The van der Waals surface area contributed by atoms with Crippen LogP contribution in [0.25, 0.3) is 0 Å². The number of likely N-dealkylation sites (tertiary alicyclic amines) is 1. The van der Waals surface area contributed by atoms with Crippen molar-refractivity contribution in [3.63, 3.8) is 0 Å². The minimum atomic E-state index is -3.22. The number of nitrogens with zero attached hydrogens (tertiary/aromatic N) is 1. The number of rotatable bonds is 4. The molecule has 0 unspecified atom stereocenters. The molecule has 0 atom stereocenters. The molecule has 0 bridgehead atoms. The molecule has 1 rings (SSSR count). The zero-order valence-corrected chi connectivity index (χ0v) is 11.9. The van der Waals surface area contributed by atoms with Crippen LogP contribution in [0.5, 0.6) is 0 Å². The Bertz CT molecular complexity index is 327. The largest absolute Gasteiger partial charge is 0.329 e. The van der Waals surface area contributed by atoms with E-state index in [2.05, 4.69) is 9.62 Å². The molecule has 0 aliphatic carbocycles. The van der Waals surface area contributed by atoms with Crippen molar-refractivity contribution in [1.29, 1.82) is 0 Å². The summed E-state index contributed by atoms with van der Waals surface area (Å²) in [4.78, 5) is 2.28. The lowest BCUT2D eigenvalue weighted by atomic mass is 10.1. The monoisotopic (exact) mass is 263 g/mol. The Morgan fingerprint density at radius 3 is 2.24 bits per heavy atom. The van der Waals surface area contributed by atoms with E-state index in [-0.39, 0.29) is 6.04 Å². The van der Waals surface area contributed by atoms with Crippen LogP contribution in [-0.4, -0.2) is 50.3 Å². The van der Waals surface area contributed by atoms with E-state index >= 15 is 0 Å². The van der Waals surface area contributed by atoms with Crippen LogP contribution in [0.3, 0.4) is 0 Å². The summed E-state index contributed by atoms with van der Waals surface area (Å²) in [6.45, 7) is 8.58. The van der Waals surface area contributed by atoms with Crippen LogP contribution in [0, 0.1) is 0 Å². The Kier molecular flexibility index (Phi) is 4.95. The van der Waals surface area contributed by atoms with Crippen LogP contribution in [-0.2, 0) is 10.0 Å². The van der Waals surface area contributed by atoms with Gasteiger partial charge in [0.1, 0.15) is 0 Å². The molecule has 0 spiro atoms. The topological polar surface area (TPSA) is 75.4 Å². The highest BCUT2D eigenvalue weighted by Gasteiger charge is 2.32. The predicted molar refractivity (Wildman–Crippen MR) is 70.3 cm³/mol. The third-order valence-corrected chi connectivity index (χ3v) is 5.42. The van der Waals surface area contributed by atoms with Crippen molar-refractivity contribution in [3.8, 4) is 0 Å². The van der Waals surface area contributed by atoms with Crippen molar-refractivity contribution in [1.82, 2.24) is 9.62 Å². The summed E-state index contributed by atoms with van der Waals surface area (Å²) < 4.78 is 26.0. The van der Waals surface area contributed by atoms with E-state index in [9.17, 15) is 8.42 Å². The van der Waals surface area contributed by atoms with Crippen molar-refractivity contribution < 1.29 is 8.42 Å². The molecule has 6 heteroatoms. The second-order valence-corrected chi connectivity index (χ2v) is 8.11. The summed E-state index contributed by atoms with van der Waals surface area (Å²) in [6.07, 6.45) is 1.74. The smallest absolute Gasteiger partial charge is 0.216 e. The molecule has 1 aliphatic rings. The molecule has 0 radical (unpaired) electrons. The van der Waals surface area contributed by atoms with Crippen molar-refractivity contribution in [2.75, 3.05) is 26.2 Å². The quantitative estimate of drug-likeness (QED) is 0.756. The summed E-state index contributed by atoms with van der Waals surface area (Å²) in [5.74, 6) is 0. The number of nitrogens with one attached hydrogen (secondary N) is 1. The number of piperidine rings is 1. The van der Waals surface area contributed by atoms with Gasteiger partial charge in [-0.25, -0.2) is 13.1 Å². The Hall–Kier alpha value is -0.170. The molecule has 17 heavy (non-hydrogen) atoms. The summed E-state index contributed by atoms with van der Waals surface area (Å²) in [6, 6.07) is 0.0771. The number of hydrogen-bond donors (Lipinski definition) is 2. The van der Waals surface area contributed by atoms with E-state index in [1.807, 2.05) is 0 Å². The van der Waals surface area contributed by atoms with Gasteiger partial charge in [0.25, 0.3) is 0 Å². The molecule has 1 saturated heterocycles. The van der Waals surface area contributed by atoms with Crippen LogP contribution in [0.15, 0.2) is 0 Å². The summed E-state index contributed by atoms with van der Waals surface area (Å²) in [7, 11) is -3.22. The van der Waals surface area contributed by atoms with E-state index in [4.69, 9.17) is 5.73 Å². The lowest BCUT2D eigenvalue weighted by Crippen LogP contribution is -2.49. The Balaban J connectivity index is 2.46. The molecular weight excluding hydrogens is 238 g/mol. The van der Waals surface area contributed by atoms with Gasteiger partial charge >= 0.3 is 0 Å². The lowest BCUT2D eigenvalue weighted by molar-refractivity contribution is 0.212. The summed E-state index contributed by atoms with van der Waals surface area (Å²) in [5.41, 5.74) is 5.50. The molecule has 0 amide bonds. The maximum absolute atomic E-state index is 12.0.